The molecule has 0 radical (unpaired) electrons. The Balaban J connectivity index is 2.55. The SMILES string of the molecule is O=C(O)C1CCCN(S(=O)(=O)NOCC(F)(F)F)C1. The Labute approximate surface area is 107 Å². The quantitative estimate of drug-likeness (QED) is 0.703. The van der Waals surface area contributed by atoms with E-state index in [9.17, 15) is 26.4 Å². The maximum atomic E-state index is 11.8. The Morgan fingerprint density at radius 1 is 1.47 bits per heavy atom. The molecule has 112 valence electrons. The molecule has 2 N–H and O–H groups in total. The molecule has 0 bridgehead atoms. The number of rotatable bonds is 5. The number of carboxylic acid groups (broad SMARTS) is 1. The summed E-state index contributed by atoms with van der Waals surface area (Å²) in [5, 5.41) is 8.78. The Morgan fingerprint density at radius 2 is 2.11 bits per heavy atom. The van der Waals surface area contributed by atoms with Crippen LogP contribution in [0.25, 0.3) is 0 Å². The smallest absolute Gasteiger partial charge is 0.413 e. The minimum Gasteiger partial charge on any atom is -0.481 e. The van der Waals surface area contributed by atoms with Crippen LogP contribution in [0.4, 0.5) is 13.2 Å². The first-order valence-corrected chi connectivity index (χ1v) is 6.74. The van der Waals surface area contributed by atoms with Crippen LogP contribution in [0, 0.1) is 5.92 Å². The van der Waals surface area contributed by atoms with Gasteiger partial charge in [-0.05, 0) is 12.8 Å². The van der Waals surface area contributed by atoms with E-state index in [1.807, 2.05) is 0 Å². The molecule has 1 atom stereocenters. The van der Waals surface area contributed by atoms with Gasteiger partial charge in [-0.25, -0.2) is 0 Å². The summed E-state index contributed by atoms with van der Waals surface area (Å²) in [6.07, 6.45) is -4.02. The lowest BCUT2D eigenvalue weighted by Gasteiger charge is -2.29. The zero-order valence-corrected chi connectivity index (χ0v) is 10.5. The molecule has 0 aliphatic carbocycles. The normalized spacial score (nSPS) is 22.4. The summed E-state index contributed by atoms with van der Waals surface area (Å²) in [4.78, 5) is 15.9. The molecule has 1 aliphatic rings. The minimum atomic E-state index is -4.66. The fraction of sp³-hybridized carbons (Fsp3) is 0.875. The first kappa shape index (κ1) is 16.1. The van der Waals surface area contributed by atoms with Gasteiger partial charge in [-0.1, -0.05) is 4.89 Å². The second-order valence-electron chi connectivity index (χ2n) is 4.03. The Kier molecular flexibility index (Phi) is 5.12. The molecule has 1 fully saturated rings. The highest BCUT2D eigenvalue weighted by Gasteiger charge is 2.34. The van der Waals surface area contributed by atoms with E-state index in [0.29, 0.717) is 12.8 Å². The van der Waals surface area contributed by atoms with Crippen molar-refractivity contribution in [2.45, 2.75) is 19.0 Å². The van der Waals surface area contributed by atoms with Gasteiger partial charge in [0.2, 0.25) is 0 Å². The molecule has 1 saturated heterocycles. The van der Waals surface area contributed by atoms with E-state index < -0.39 is 34.9 Å². The van der Waals surface area contributed by atoms with Crippen molar-refractivity contribution in [2.75, 3.05) is 19.7 Å². The van der Waals surface area contributed by atoms with Crippen LogP contribution in [0.1, 0.15) is 12.8 Å². The maximum absolute atomic E-state index is 11.8. The maximum Gasteiger partial charge on any atom is 0.413 e. The lowest BCUT2D eigenvalue weighted by molar-refractivity contribution is -0.181. The highest BCUT2D eigenvalue weighted by molar-refractivity contribution is 7.87. The minimum absolute atomic E-state index is 0.0362. The van der Waals surface area contributed by atoms with E-state index in [4.69, 9.17) is 5.11 Å². The molecule has 19 heavy (non-hydrogen) atoms. The third-order valence-electron chi connectivity index (χ3n) is 2.47. The molecule has 1 rings (SSSR count). The van der Waals surface area contributed by atoms with Gasteiger partial charge in [-0.15, -0.1) is 0 Å². The topological polar surface area (TPSA) is 95.9 Å². The summed E-state index contributed by atoms with van der Waals surface area (Å²) in [5.41, 5.74) is 0. The summed E-state index contributed by atoms with van der Waals surface area (Å²) in [7, 11) is -4.27. The lowest BCUT2D eigenvalue weighted by atomic mass is 10.0. The highest BCUT2D eigenvalue weighted by Crippen LogP contribution is 2.19. The fourth-order valence-electron chi connectivity index (χ4n) is 1.60. The summed E-state index contributed by atoms with van der Waals surface area (Å²) >= 11 is 0. The highest BCUT2D eigenvalue weighted by atomic mass is 32.2. The van der Waals surface area contributed by atoms with Crippen molar-refractivity contribution in [1.82, 2.24) is 9.19 Å². The summed E-state index contributed by atoms with van der Waals surface area (Å²) in [5.74, 6) is -2.01. The van der Waals surface area contributed by atoms with Gasteiger partial charge < -0.3 is 5.11 Å². The molecular formula is C8H13F3N2O5S. The second-order valence-corrected chi connectivity index (χ2v) is 5.66. The molecule has 1 aliphatic heterocycles. The van der Waals surface area contributed by atoms with Crippen LogP contribution in [0.3, 0.4) is 0 Å². The van der Waals surface area contributed by atoms with Crippen molar-refractivity contribution < 1.29 is 36.3 Å². The molecule has 1 unspecified atom stereocenters. The molecule has 7 nitrogen and oxygen atoms in total. The first-order valence-electron chi connectivity index (χ1n) is 5.30. The number of nitrogens with zero attached hydrogens (tertiary/aromatic N) is 1. The van der Waals surface area contributed by atoms with Crippen molar-refractivity contribution in [2.24, 2.45) is 5.92 Å². The monoisotopic (exact) mass is 306 g/mol. The van der Waals surface area contributed by atoms with E-state index in [2.05, 4.69) is 4.84 Å². The van der Waals surface area contributed by atoms with Crippen molar-refractivity contribution in [3.63, 3.8) is 0 Å². The second kappa shape index (κ2) is 6.03. The van der Waals surface area contributed by atoms with Crippen LogP contribution in [0.5, 0.6) is 0 Å². The zero-order valence-electron chi connectivity index (χ0n) is 9.68. The summed E-state index contributed by atoms with van der Waals surface area (Å²) < 4.78 is 59.3. The van der Waals surface area contributed by atoms with Gasteiger partial charge in [-0.2, -0.15) is 25.9 Å². The Bertz CT molecular complexity index is 425. The van der Waals surface area contributed by atoms with E-state index >= 15 is 0 Å². The van der Waals surface area contributed by atoms with Crippen molar-refractivity contribution in [3.05, 3.63) is 0 Å². The molecule has 1 heterocycles. The van der Waals surface area contributed by atoms with E-state index in [-0.39, 0.29) is 13.1 Å². The van der Waals surface area contributed by atoms with Crippen molar-refractivity contribution in [3.8, 4) is 0 Å². The van der Waals surface area contributed by atoms with Gasteiger partial charge in [0.05, 0.1) is 5.92 Å². The summed E-state index contributed by atoms with van der Waals surface area (Å²) in [6, 6.07) is 0. The Morgan fingerprint density at radius 3 is 2.63 bits per heavy atom. The van der Waals surface area contributed by atoms with Crippen molar-refractivity contribution in [1.29, 1.82) is 0 Å². The van der Waals surface area contributed by atoms with Crippen LogP contribution in [0.2, 0.25) is 0 Å². The lowest BCUT2D eigenvalue weighted by Crippen LogP contribution is -2.47. The van der Waals surface area contributed by atoms with E-state index in [1.165, 1.54) is 4.89 Å². The molecule has 0 aromatic heterocycles. The molecule has 0 spiro atoms. The number of alkyl halides is 3. The molecular weight excluding hydrogens is 293 g/mol. The zero-order chi connectivity index (χ0) is 14.7. The number of piperidine rings is 1. The standard InChI is InChI=1S/C8H13F3N2O5S/c9-8(10,11)5-18-12-19(16,17)13-3-1-2-6(4-13)7(14)15/h6,12H,1-5H2,(H,14,15). The molecule has 0 aromatic carbocycles. The van der Waals surface area contributed by atoms with Crippen LogP contribution < -0.4 is 4.89 Å². The van der Waals surface area contributed by atoms with Crippen LogP contribution >= 0.6 is 0 Å². The first-order chi connectivity index (χ1) is 8.62. The van der Waals surface area contributed by atoms with Crippen LogP contribution in [-0.4, -0.2) is 49.7 Å². The average molecular weight is 306 g/mol. The van der Waals surface area contributed by atoms with E-state index in [1.54, 1.807) is 0 Å². The predicted molar refractivity (Wildman–Crippen MR) is 56.0 cm³/mol. The van der Waals surface area contributed by atoms with Crippen LogP contribution in [0.15, 0.2) is 0 Å². The Hall–Kier alpha value is -0.910. The number of halogens is 3. The average Bonchev–Trinajstić information content (AvgIpc) is 2.27. The summed E-state index contributed by atoms with van der Waals surface area (Å²) in [6.45, 7) is -2.02. The third-order valence-corrected chi connectivity index (χ3v) is 3.81. The van der Waals surface area contributed by atoms with Gasteiger partial charge in [0.15, 0.2) is 6.61 Å². The number of carboxylic acids is 1. The van der Waals surface area contributed by atoms with Gasteiger partial charge >= 0.3 is 22.4 Å². The molecule has 0 saturated carbocycles. The number of carbonyl (C=O) groups is 1. The van der Waals surface area contributed by atoms with Gasteiger partial charge in [0.1, 0.15) is 0 Å². The largest absolute Gasteiger partial charge is 0.481 e. The molecule has 0 aromatic rings. The number of aliphatic carboxylic acids is 1. The number of nitrogens with one attached hydrogen (secondary N) is 1. The fourth-order valence-corrected chi connectivity index (χ4v) is 2.66. The van der Waals surface area contributed by atoms with Gasteiger partial charge in [-0.3, -0.25) is 9.63 Å². The van der Waals surface area contributed by atoms with E-state index in [0.717, 1.165) is 4.31 Å². The predicted octanol–water partition coefficient (Wildman–Crippen LogP) is 0.111. The van der Waals surface area contributed by atoms with Gasteiger partial charge in [0, 0.05) is 13.1 Å². The molecule has 11 heteroatoms. The van der Waals surface area contributed by atoms with Crippen LogP contribution in [-0.2, 0) is 19.8 Å². The van der Waals surface area contributed by atoms with Gasteiger partial charge in [0.25, 0.3) is 0 Å². The number of hydrogen-bond acceptors (Lipinski definition) is 4. The number of hydrogen-bond donors (Lipinski definition) is 2. The molecule has 0 amide bonds. The van der Waals surface area contributed by atoms with Crippen molar-refractivity contribution >= 4 is 16.2 Å². The third kappa shape index (κ3) is 5.30.